The molecule has 26 heavy (non-hydrogen) atoms. The number of rotatable bonds is 5. The Morgan fingerprint density at radius 1 is 0.885 bits per heavy atom. The van der Waals surface area contributed by atoms with Crippen LogP contribution in [0.25, 0.3) is 5.69 Å². The number of carbonyl (C=O) groups excluding carboxylic acids is 2. The molecular weight excluding hydrogens is 326 g/mol. The molecule has 0 aliphatic carbocycles. The second-order valence-corrected chi connectivity index (χ2v) is 6.77. The molecule has 3 rings (SSSR count). The van der Waals surface area contributed by atoms with E-state index in [1.165, 1.54) is 0 Å². The van der Waals surface area contributed by atoms with Crippen molar-refractivity contribution in [3.05, 3.63) is 54.4 Å². The number of benzene rings is 1. The van der Waals surface area contributed by atoms with Crippen LogP contribution < -0.4 is 0 Å². The van der Waals surface area contributed by atoms with E-state index in [4.69, 9.17) is 0 Å². The first-order chi connectivity index (χ1) is 12.6. The number of amides is 2. The van der Waals surface area contributed by atoms with E-state index in [-0.39, 0.29) is 17.7 Å². The third-order valence-corrected chi connectivity index (χ3v) is 5.23. The Morgan fingerprint density at radius 2 is 1.42 bits per heavy atom. The van der Waals surface area contributed by atoms with Gasteiger partial charge in [0.1, 0.15) is 0 Å². The van der Waals surface area contributed by atoms with Crippen molar-refractivity contribution in [2.45, 2.75) is 26.7 Å². The monoisotopic (exact) mass is 353 g/mol. The molecule has 1 aromatic heterocycles. The van der Waals surface area contributed by atoms with Gasteiger partial charge >= 0.3 is 0 Å². The molecule has 0 N–H and O–H groups in total. The van der Waals surface area contributed by atoms with E-state index >= 15 is 0 Å². The molecule has 1 aliphatic heterocycles. The minimum Gasteiger partial charge on any atom is -0.339 e. The maximum Gasteiger partial charge on any atom is 0.253 e. The molecule has 0 unspecified atom stereocenters. The quantitative estimate of drug-likeness (QED) is 0.829. The van der Waals surface area contributed by atoms with Crippen molar-refractivity contribution < 1.29 is 9.59 Å². The second-order valence-electron chi connectivity index (χ2n) is 6.77. The van der Waals surface area contributed by atoms with Gasteiger partial charge in [-0.2, -0.15) is 0 Å². The van der Waals surface area contributed by atoms with E-state index in [0.29, 0.717) is 31.7 Å². The average molecular weight is 353 g/mol. The van der Waals surface area contributed by atoms with Crippen molar-refractivity contribution in [1.82, 2.24) is 14.4 Å². The molecule has 1 aromatic carbocycles. The fourth-order valence-corrected chi connectivity index (χ4v) is 3.49. The third kappa shape index (κ3) is 3.82. The van der Waals surface area contributed by atoms with Crippen LogP contribution in [0.1, 0.15) is 37.0 Å². The molecule has 2 amide bonds. The number of carbonyl (C=O) groups is 2. The first-order valence-electron chi connectivity index (χ1n) is 9.45. The Hall–Kier alpha value is -2.56. The normalized spacial score (nSPS) is 14.7. The van der Waals surface area contributed by atoms with Gasteiger partial charge in [-0.05, 0) is 49.2 Å². The van der Waals surface area contributed by atoms with E-state index in [1.807, 2.05) is 63.2 Å². The Bertz CT molecular complexity index is 725. The molecule has 0 bridgehead atoms. The Morgan fingerprint density at radius 3 is 1.96 bits per heavy atom. The highest BCUT2D eigenvalue weighted by atomic mass is 16.2. The highest BCUT2D eigenvalue weighted by Gasteiger charge is 2.27. The first kappa shape index (κ1) is 18.2. The van der Waals surface area contributed by atoms with E-state index in [1.54, 1.807) is 0 Å². The summed E-state index contributed by atoms with van der Waals surface area (Å²) in [5.74, 6) is 0.385. The van der Waals surface area contributed by atoms with Gasteiger partial charge in [-0.1, -0.05) is 13.8 Å². The molecule has 5 nitrogen and oxygen atoms in total. The van der Waals surface area contributed by atoms with Crippen molar-refractivity contribution in [2.24, 2.45) is 5.92 Å². The van der Waals surface area contributed by atoms with Gasteiger partial charge in [0.2, 0.25) is 5.91 Å². The van der Waals surface area contributed by atoms with Gasteiger partial charge in [0.15, 0.2) is 0 Å². The van der Waals surface area contributed by atoms with Crippen molar-refractivity contribution in [3.8, 4) is 5.69 Å². The Balaban J connectivity index is 1.59. The molecule has 1 saturated heterocycles. The maximum atomic E-state index is 12.7. The number of aromatic nitrogens is 1. The van der Waals surface area contributed by atoms with Crippen LogP contribution in [0, 0.1) is 5.92 Å². The fraction of sp³-hybridized carbons (Fsp3) is 0.429. The van der Waals surface area contributed by atoms with E-state index < -0.39 is 0 Å². The van der Waals surface area contributed by atoms with Gasteiger partial charge in [0.25, 0.3) is 5.91 Å². The standard InChI is InChI=1S/C21H27N3O2/c1-3-17(4-2)20(25)23-13-15-24(16-14-23)21(26)18-7-9-19(10-8-18)22-11-5-6-12-22/h5-12,17H,3-4,13-16H2,1-2H3. The van der Waals surface area contributed by atoms with E-state index in [0.717, 1.165) is 18.5 Å². The molecule has 5 heteroatoms. The predicted molar refractivity (Wildman–Crippen MR) is 102 cm³/mol. The number of nitrogens with zero attached hydrogens (tertiary/aromatic N) is 3. The summed E-state index contributed by atoms with van der Waals surface area (Å²) in [5, 5.41) is 0. The van der Waals surface area contributed by atoms with Crippen LogP contribution >= 0.6 is 0 Å². The molecular formula is C21H27N3O2. The van der Waals surface area contributed by atoms with Gasteiger partial charge in [0.05, 0.1) is 0 Å². The largest absolute Gasteiger partial charge is 0.339 e. The summed E-state index contributed by atoms with van der Waals surface area (Å²) in [7, 11) is 0. The minimum atomic E-state index is 0.0405. The summed E-state index contributed by atoms with van der Waals surface area (Å²) in [4.78, 5) is 29.0. The average Bonchev–Trinajstić information content (AvgIpc) is 3.23. The van der Waals surface area contributed by atoms with Gasteiger partial charge in [-0.15, -0.1) is 0 Å². The van der Waals surface area contributed by atoms with Crippen molar-refractivity contribution in [3.63, 3.8) is 0 Å². The van der Waals surface area contributed by atoms with Crippen molar-refractivity contribution >= 4 is 11.8 Å². The smallest absolute Gasteiger partial charge is 0.253 e. The van der Waals surface area contributed by atoms with Gasteiger partial charge < -0.3 is 14.4 Å². The molecule has 1 fully saturated rings. The topological polar surface area (TPSA) is 45.6 Å². The molecule has 0 atom stereocenters. The summed E-state index contributed by atoms with van der Waals surface area (Å²) in [6.07, 6.45) is 5.71. The zero-order valence-electron chi connectivity index (χ0n) is 15.6. The number of piperazine rings is 1. The van der Waals surface area contributed by atoms with Crippen molar-refractivity contribution in [2.75, 3.05) is 26.2 Å². The lowest BCUT2D eigenvalue weighted by Crippen LogP contribution is -2.51. The molecule has 1 aliphatic rings. The fourth-order valence-electron chi connectivity index (χ4n) is 3.49. The number of hydrogen-bond donors (Lipinski definition) is 0. The Kier molecular flexibility index (Phi) is 5.76. The molecule has 2 aromatic rings. The molecule has 2 heterocycles. The summed E-state index contributed by atoms with van der Waals surface area (Å²) in [6, 6.07) is 11.6. The highest BCUT2D eigenvalue weighted by Crippen LogP contribution is 2.16. The van der Waals surface area contributed by atoms with E-state index in [2.05, 4.69) is 13.8 Å². The second kappa shape index (κ2) is 8.21. The molecule has 0 radical (unpaired) electrons. The summed E-state index contributed by atoms with van der Waals surface area (Å²) >= 11 is 0. The summed E-state index contributed by atoms with van der Waals surface area (Å²) < 4.78 is 2.01. The molecule has 138 valence electrons. The summed E-state index contributed by atoms with van der Waals surface area (Å²) in [5.41, 5.74) is 1.73. The van der Waals surface area contributed by atoms with Crippen LogP contribution in [0.2, 0.25) is 0 Å². The van der Waals surface area contributed by atoms with Crippen LogP contribution in [-0.4, -0.2) is 52.4 Å². The lowest BCUT2D eigenvalue weighted by Gasteiger charge is -2.36. The first-order valence-corrected chi connectivity index (χ1v) is 9.45. The molecule has 0 spiro atoms. The van der Waals surface area contributed by atoms with Crippen LogP contribution in [0.5, 0.6) is 0 Å². The lowest BCUT2D eigenvalue weighted by molar-refractivity contribution is -0.137. The number of hydrogen-bond acceptors (Lipinski definition) is 2. The Labute approximate surface area is 155 Å². The zero-order valence-corrected chi connectivity index (χ0v) is 15.6. The van der Waals surface area contributed by atoms with Gasteiger partial charge in [0, 0.05) is 55.7 Å². The van der Waals surface area contributed by atoms with Crippen LogP contribution in [-0.2, 0) is 4.79 Å². The highest BCUT2D eigenvalue weighted by molar-refractivity contribution is 5.94. The van der Waals surface area contributed by atoms with Crippen LogP contribution in [0.3, 0.4) is 0 Å². The molecule has 0 saturated carbocycles. The van der Waals surface area contributed by atoms with Gasteiger partial charge in [-0.25, -0.2) is 0 Å². The van der Waals surface area contributed by atoms with E-state index in [9.17, 15) is 9.59 Å². The summed E-state index contributed by atoms with van der Waals surface area (Å²) in [6.45, 7) is 6.58. The third-order valence-electron chi connectivity index (χ3n) is 5.23. The lowest BCUT2D eigenvalue weighted by atomic mass is 10.0. The minimum absolute atomic E-state index is 0.0405. The SMILES string of the molecule is CCC(CC)C(=O)N1CCN(C(=O)c2ccc(-n3cccc3)cc2)CC1. The predicted octanol–water partition coefficient (Wildman–Crippen LogP) is 3.20. The van der Waals surface area contributed by atoms with Crippen molar-refractivity contribution in [1.29, 1.82) is 0 Å². The van der Waals surface area contributed by atoms with Crippen LogP contribution in [0.4, 0.5) is 0 Å². The van der Waals surface area contributed by atoms with Gasteiger partial charge in [-0.3, -0.25) is 9.59 Å². The van der Waals surface area contributed by atoms with Crippen LogP contribution in [0.15, 0.2) is 48.8 Å². The maximum absolute atomic E-state index is 12.7. The zero-order chi connectivity index (χ0) is 18.5.